The first-order valence-corrected chi connectivity index (χ1v) is 9.12. The summed E-state index contributed by atoms with van der Waals surface area (Å²) in [5, 5.41) is 2.52. The fourth-order valence-corrected chi connectivity index (χ4v) is 3.63. The number of nitrogens with one attached hydrogen (secondary N) is 2. The monoisotopic (exact) mass is 423 g/mol. The molecular weight excluding hydrogens is 406 g/mol. The molecule has 1 unspecified atom stereocenters. The number of carbonyl (C=O) groups is 1. The largest absolute Gasteiger partial charge is 0.405 e. The van der Waals surface area contributed by atoms with E-state index in [1.807, 2.05) is 5.32 Å². The number of fused-ring (bicyclic) bond motifs is 1. The number of anilines is 1. The lowest BCUT2D eigenvalue weighted by molar-refractivity contribution is -0.141. The summed E-state index contributed by atoms with van der Waals surface area (Å²) in [5.74, 6) is -1.57. The van der Waals surface area contributed by atoms with E-state index in [9.17, 15) is 22.4 Å². The molecule has 4 heterocycles. The van der Waals surface area contributed by atoms with Crippen LogP contribution >= 0.6 is 0 Å². The van der Waals surface area contributed by atoms with Crippen LogP contribution in [0.2, 0.25) is 0 Å². The SMILES string of the molecule is CC1(C(=O)NCC(F)(F)F)CCCN1c1nc(-c2c[nH]c3ncncc23)ncc1F. The number of rotatable bonds is 4. The van der Waals surface area contributed by atoms with E-state index in [1.54, 1.807) is 12.4 Å². The molecule has 30 heavy (non-hydrogen) atoms. The van der Waals surface area contributed by atoms with E-state index in [2.05, 4.69) is 24.9 Å². The molecular formula is C18H17F4N7O. The van der Waals surface area contributed by atoms with E-state index >= 15 is 0 Å². The maximum atomic E-state index is 14.6. The predicted octanol–water partition coefficient (Wildman–Crippen LogP) is 2.59. The Labute approximate surface area is 167 Å². The van der Waals surface area contributed by atoms with Gasteiger partial charge in [-0.1, -0.05) is 0 Å². The number of carbonyl (C=O) groups excluding carboxylic acids is 1. The predicted molar refractivity (Wildman–Crippen MR) is 98.9 cm³/mol. The molecule has 1 amide bonds. The van der Waals surface area contributed by atoms with Crippen molar-refractivity contribution in [2.24, 2.45) is 0 Å². The van der Waals surface area contributed by atoms with Crippen LogP contribution in [0, 0.1) is 5.82 Å². The molecule has 0 radical (unpaired) electrons. The number of aromatic nitrogens is 5. The molecule has 1 saturated heterocycles. The Bertz CT molecular complexity index is 1100. The van der Waals surface area contributed by atoms with Crippen LogP contribution in [0.3, 0.4) is 0 Å². The van der Waals surface area contributed by atoms with Crippen molar-refractivity contribution in [2.45, 2.75) is 31.5 Å². The van der Waals surface area contributed by atoms with Gasteiger partial charge in [0.15, 0.2) is 17.5 Å². The zero-order chi connectivity index (χ0) is 21.5. The van der Waals surface area contributed by atoms with Crippen molar-refractivity contribution in [1.29, 1.82) is 0 Å². The zero-order valence-electron chi connectivity index (χ0n) is 15.8. The molecule has 12 heteroatoms. The van der Waals surface area contributed by atoms with Gasteiger partial charge in [-0.15, -0.1) is 0 Å². The maximum Gasteiger partial charge on any atom is 0.405 e. The number of H-pyrrole nitrogens is 1. The Morgan fingerprint density at radius 1 is 1.33 bits per heavy atom. The van der Waals surface area contributed by atoms with E-state index < -0.39 is 30.0 Å². The molecule has 1 fully saturated rings. The maximum absolute atomic E-state index is 14.6. The van der Waals surface area contributed by atoms with Crippen molar-refractivity contribution in [2.75, 3.05) is 18.0 Å². The summed E-state index contributed by atoms with van der Waals surface area (Å²) < 4.78 is 52.2. The number of hydrogen-bond acceptors (Lipinski definition) is 6. The van der Waals surface area contributed by atoms with Gasteiger partial charge >= 0.3 is 6.18 Å². The molecule has 4 rings (SSSR count). The smallest absolute Gasteiger partial charge is 0.345 e. The van der Waals surface area contributed by atoms with Gasteiger partial charge in [-0.25, -0.2) is 24.3 Å². The first kappa shape index (κ1) is 20.0. The fourth-order valence-electron chi connectivity index (χ4n) is 3.63. The second-order valence-electron chi connectivity index (χ2n) is 7.18. The van der Waals surface area contributed by atoms with Crippen molar-refractivity contribution >= 4 is 22.8 Å². The number of alkyl halides is 3. The van der Waals surface area contributed by atoms with Crippen LogP contribution in [-0.4, -0.2) is 55.6 Å². The Hall–Kier alpha value is -3.31. The number of amides is 1. The zero-order valence-corrected chi connectivity index (χ0v) is 15.8. The molecule has 0 aliphatic carbocycles. The number of halogens is 4. The third-order valence-electron chi connectivity index (χ3n) is 5.16. The molecule has 158 valence electrons. The lowest BCUT2D eigenvalue weighted by Gasteiger charge is -2.35. The van der Waals surface area contributed by atoms with Crippen LogP contribution in [0.5, 0.6) is 0 Å². The highest BCUT2D eigenvalue weighted by Crippen LogP contribution is 2.36. The standard InChI is InChI=1S/C18H17F4N7O/c1-17(16(30)26-8-18(20,21)22)3-2-4-29(17)15-12(19)7-25-14(28-15)11-6-24-13-10(11)5-23-9-27-13/h5-7,9H,2-4,8H2,1H3,(H,26,30)(H,23,24,27). The third-order valence-corrected chi connectivity index (χ3v) is 5.16. The second-order valence-corrected chi connectivity index (χ2v) is 7.18. The molecule has 0 bridgehead atoms. The molecule has 1 aliphatic rings. The van der Waals surface area contributed by atoms with Crippen molar-refractivity contribution in [3.05, 3.63) is 30.7 Å². The second kappa shape index (κ2) is 7.18. The Kier molecular flexibility index (Phi) is 4.79. The van der Waals surface area contributed by atoms with Gasteiger partial charge in [0.25, 0.3) is 0 Å². The topological polar surface area (TPSA) is 99.7 Å². The number of nitrogens with zero attached hydrogens (tertiary/aromatic N) is 5. The number of hydrogen-bond donors (Lipinski definition) is 2. The lowest BCUT2D eigenvalue weighted by atomic mass is 9.97. The van der Waals surface area contributed by atoms with Crippen molar-refractivity contribution in [1.82, 2.24) is 30.2 Å². The molecule has 2 N–H and O–H groups in total. The minimum absolute atomic E-state index is 0.145. The average molecular weight is 423 g/mol. The van der Waals surface area contributed by atoms with Gasteiger partial charge in [0.05, 0.1) is 6.20 Å². The van der Waals surface area contributed by atoms with Crippen LogP contribution in [-0.2, 0) is 4.79 Å². The lowest BCUT2D eigenvalue weighted by Crippen LogP contribution is -2.55. The Balaban J connectivity index is 1.69. The van der Waals surface area contributed by atoms with E-state index in [0.29, 0.717) is 23.0 Å². The summed E-state index contributed by atoms with van der Waals surface area (Å²) in [7, 11) is 0. The van der Waals surface area contributed by atoms with Gasteiger partial charge in [0, 0.05) is 29.9 Å². The van der Waals surface area contributed by atoms with E-state index in [1.165, 1.54) is 18.2 Å². The molecule has 3 aromatic heterocycles. The summed E-state index contributed by atoms with van der Waals surface area (Å²) in [6, 6.07) is 0. The summed E-state index contributed by atoms with van der Waals surface area (Å²) in [5.41, 5.74) is -0.289. The van der Waals surface area contributed by atoms with Crippen LogP contribution in [0.4, 0.5) is 23.4 Å². The molecule has 8 nitrogen and oxygen atoms in total. The summed E-state index contributed by atoms with van der Waals surface area (Å²) in [6.45, 7) is 0.287. The van der Waals surface area contributed by atoms with Crippen LogP contribution in [0.25, 0.3) is 22.4 Å². The normalized spacial score (nSPS) is 19.4. The average Bonchev–Trinajstić information content (AvgIpc) is 3.30. The minimum atomic E-state index is -4.54. The van der Waals surface area contributed by atoms with Crippen LogP contribution < -0.4 is 10.2 Å². The molecule has 0 saturated carbocycles. The quantitative estimate of drug-likeness (QED) is 0.626. The summed E-state index contributed by atoms with van der Waals surface area (Å²) >= 11 is 0. The first-order chi connectivity index (χ1) is 14.2. The molecule has 0 spiro atoms. The Morgan fingerprint density at radius 3 is 2.90 bits per heavy atom. The van der Waals surface area contributed by atoms with Crippen molar-refractivity contribution in [3.8, 4) is 11.4 Å². The highest BCUT2D eigenvalue weighted by atomic mass is 19.4. The van der Waals surface area contributed by atoms with Gasteiger partial charge in [0.2, 0.25) is 5.91 Å². The highest BCUT2D eigenvalue weighted by Gasteiger charge is 2.46. The molecule has 1 atom stereocenters. The van der Waals surface area contributed by atoms with Gasteiger partial charge in [0.1, 0.15) is 24.1 Å². The third kappa shape index (κ3) is 3.53. The van der Waals surface area contributed by atoms with Crippen molar-refractivity contribution < 1.29 is 22.4 Å². The first-order valence-electron chi connectivity index (χ1n) is 9.12. The van der Waals surface area contributed by atoms with Gasteiger partial charge in [-0.05, 0) is 19.8 Å². The number of aromatic amines is 1. The fraction of sp³-hybridized carbons (Fsp3) is 0.389. The Morgan fingerprint density at radius 2 is 2.13 bits per heavy atom. The van der Waals surface area contributed by atoms with Gasteiger partial charge in [-0.3, -0.25) is 4.79 Å². The van der Waals surface area contributed by atoms with Gasteiger partial charge < -0.3 is 15.2 Å². The summed E-state index contributed by atoms with van der Waals surface area (Å²) in [4.78, 5) is 33.3. The molecule has 1 aliphatic heterocycles. The molecule has 3 aromatic rings. The van der Waals surface area contributed by atoms with Crippen molar-refractivity contribution in [3.63, 3.8) is 0 Å². The van der Waals surface area contributed by atoms with E-state index in [-0.39, 0.29) is 24.6 Å². The highest BCUT2D eigenvalue weighted by molar-refractivity contribution is 5.92. The van der Waals surface area contributed by atoms with E-state index in [4.69, 9.17) is 0 Å². The minimum Gasteiger partial charge on any atom is -0.345 e. The van der Waals surface area contributed by atoms with E-state index in [0.717, 1.165) is 6.20 Å². The van der Waals surface area contributed by atoms with Crippen LogP contribution in [0.1, 0.15) is 19.8 Å². The van der Waals surface area contributed by atoms with Crippen LogP contribution in [0.15, 0.2) is 24.9 Å². The summed E-state index contributed by atoms with van der Waals surface area (Å²) in [6.07, 6.45) is 1.73. The molecule has 0 aromatic carbocycles. The van der Waals surface area contributed by atoms with Gasteiger partial charge in [-0.2, -0.15) is 13.2 Å².